The molecule has 2 heterocycles. The molecule has 6 heteroatoms. The lowest BCUT2D eigenvalue weighted by Gasteiger charge is -2.36. The van der Waals surface area contributed by atoms with Crippen molar-refractivity contribution in [1.29, 1.82) is 0 Å². The molecule has 1 aliphatic heterocycles. The lowest BCUT2D eigenvalue weighted by atomic mass is 10.2. The van der Waals surface area contributed by atoms with Gasteiger partial charge in [0.05, 0.1) is 23.3 Å². The Morgan fingerprint density at radius 1 is 1.11 bits per heavy atom. The number of nitrogens with zero attached hydrogens (tertiary/aromatic N) is 4. The molecule has 4 rings (SSSR count). The van der Waals surface area contributed by atoms with E-state index in [1.165, 1.54) is 16.0 Å². The lowest BCUT2D eigenvalue weighted by molar-refractivity contribution is -0.132. The van der Waals surface area contributed by atoms with Gasteiger partial charge in [0, 0.05) is 31.9 Å². The largest absolute Gasteiger partial charge is 0.368 e. The Morgan fingerprint density at radius 2 is 1.89 bits per heavy atom. The van der Waals surface area contributed by atoms with E-state index in [0.29, 0.717) is 13.1 Å². The topological polar surface area (TPSA) is 39.7 Å². The number of benzene rings is 2. The third-order valence-electron chi connectivity index (χ3n) is 5.15. The number of amides is 1. The van der Waals surface area contributed by atoms with Crippen molar-refractivity contribution in [3.8, 4) is 0 Å². The number of carbonyl (C=O) groups is 1. The Kier molecular flexibility index (Phi) is 5.59. The van der Waals surface area contributed by atoms with Gasteiger partial charge in [0.1, 0.15) is 5.01 Å². The summed E-state index contributed by atoms with van der Waals surface area (Å²) >= 11 is 1.70. The molecule has 3 aromatic rings. The van der Waals surface area contributed by atoms with Crippen LogP contribution in [-0.4, -0.2) is 60.5 Å². The van der Waals surface area contributed by atoms with E-state index in [-0.39, 0.29) is 5.91 Å². The SMILES string of the molecule is Cc1cccc(N2CCN(C(=O)CN(C)Cc3nc4ccccc4s3)CC2)c1. The molecule has 0 saturated carbocycles. The third-order valence-corrected chi connectivity index (χ3v) is 6.17. The van der Waals surface area contributed by atoms with E-state index < -0.39 is 0 Å². The van der Waals surface area contributed by atoms with Crippen molar-refractivity contribution < 1.29 is 4.79 Å². The van der Waals surface area contributed by atoms with E-state index in [1.54, 1.807) is 11.3 Å². The number of aryl methyl sites for hydroxylation is 1. The normalized spacial score (nSPS) is 14.8. The van der Waals surface area contributed by atoms with Crippen LogP contribution < -0.4 is 4.90 Å². The number of para-hydroxylation sites is 1. The summed E-state index contributed by atoms with van der Waals surface area (Å²) in [6, 6.07) is 16.7. The number of fused-ring (bicyclic) bond motifs is 1. The summed E-state index contributed by atoms with van der Waals surface area (Å²) in [7, 11) is 1.99. The first-order chi connectivity index (χ1) is 13.6. The van der Waals surface area contributed by atoms with Gasteiger partial charge in [-0.15, -0.1) is 11.3 Å². The van der Waals surface area contributed by atoms with E-state index in [2.05, 4.69) is 52.0 Å². The minimum atomic E-state index is 0.201. The summed E-state index contributed by atoms with van der Waals surface area (Å²) < 4.78 is 1.20. The molecule has 0 N–H and O–H groups in total. The fourth-order valence-corrected chi connectivity index (χ4v) is 4.69. The summed E-state index contributed by atoms with van der Waals surface area (Å²) in [5.41, 5.74) is 3.56. The molecule has 0 atom stereocenters. The van der Waals surface area contributed by atoms with E-state index in [1.807, 2.05) is 30.1 Å². The predicted octanol–water partition coefficient (Wildman–Crippen LogP) is 3.39. The Labute approximate surface area is 170 Å². The van der Waals surface area contributed by atoms with Crippen LogP contribution in [0.25, 0.3) is 10.2 Å². The molecule has 0 spiro atoms. The number of likely N-dealkylation sites (N-methyl/N-ethyl adjacent to an activating group) is 1. The van der Waals surface area contributed by atoms with Gasteiger partial charge in [0.15, 0.2) is 0 Å². The van der Waals surface area contributed by atoms with Gasteiger partial charge in [-0.05, 0) is 43.8 Å². The van der Waals surface area contributed by atoms with E-state index in [9.17, 15) is 4.79 Å². The van der Waals surface area contributed by atoms with Crippen molar-refractivity contribution in [2.75, 3.05) is 44.7 Å². The van der Waals surface area contributed by atoms with E-state index in [0.717, 1.165) is 36.7 Å². The molecule has 2 aromatic carbocycles. The van der Waals surface area contributed by atoms with Crippen molar-refractivity contribution in [1.82, 2.24) is 14.8 Å². The maximum Gasteiger partial charge on any atom is 0.236 e. The smallest absolute Gasteiger partial charge is 0.236 e. The first-order valence-corrected chi connectivity index (χ1v) is 10.5. The average Bonchev–Trinajstić information content (AvgIpc) is 3.10. The second-order valence-corrected chi connectivity index (χ2v) is 8.57. The van der Waals surface area contributed by atoms with Crippen LogP contribution in [-0.2, 0) is 11.3 Å². The van der Waals surface area contributed by atoms with Crippen LogP contribution in [0.1, 0.15) is 10.6 Å². The predicted molar refractivity (Wildman–Crippen MR) is 116 cm³/mol. The highest BCUT2D eigenvalue weighted by Crippen LogP contribution is 2.22. The number of carbonyl (C=O) groups excluding carboxylic acids is 1. The van der Waals surface area contributed by atoms with Crippen LogP contribution in [0, 0.1) is 6.92 Å². The van der Waals surface area contributed by atoms with Gasteiger partial charge in [-0.2, -0.15) is 0 Å². The first-order valence-electron chi connectivity index (χ1n) is 9.71. The molecule has 0 radical (unpaired) electrons. The van der Waals surface area contributed by atoms with Gasteiger partial charge < -0.3 is 9.80 Å². The van der Waals surface area contributed by atoms with Crippen LogP contribution in [0.3, 0.4) is 0 Å². The van der Waals surface area contributed by atoms with Gasteiger partial charge >= 0.3 is 0 Å². The molecule has 0 unspecified atom stereocenters. The minimum Gasteiger partial charge on any atom is -0.368 e. The number of hydrogen-bond acceptors (Lipinski definition) is 5. The molecule has 28 heavy (non-hydrogen) atoms. The number of piperazine rings is 1. The van der Waals surface area contributed by atoms with Gasteiger partial charge in [-0.3, -0.25) is 9.69 Å². The Hall–Kier alpha value is -2.44. The molecule has 1 aromatic heterocycles. The van der Waals surface area contributed by atoms with Crippen LogP contribution in [0.4, 0.5) is 5.69 Å². The molecule has 1 amide bonds. The fraction of sp³-hybridized carbons (Fsp3) is 0.364. The second-order valence-electron chi connectivity index (χ2n) is 7.45. The van der Waals surface area contributed by atoms with Crippen LogP contribution in [0.15, 0.2) is 48.5 Å². The van der Waals surface area contributed by atoms with Crippen molar-refractivity contribution in [2.45, 2.75) is 13.5 Å². The number of thiazole rings is 1. The molecular formula is C22H26N4OS. The fourth-order valence-electron chi connectivity index (χ4n) is 3.64. The van der Waals surface area contributed by atoms with Crippen LogP contribution in [0.5, 0.6) is 0 Å². The third kappa shape index (κ3) is 4.34. The van der Waals surface area contributed by atoms with Crippen molar-refractivity contribution >= 4 is 33.1 Å². The van der Waals surface area contributed by atoms with Crippen LogP contribution >= 0.6 is 11.3 Å². The second kappa shape index (κ2) is 8.29. The number of hydrogen-bond donors (Lipinski definition) is 0. The summed E-state index contributed by atoms with van der Waals surface area (Å²) in [5.74, 6) is 0.201. The highest BCUT2D eigenvalue weighted by Gasteiger charge is 2.22. The van der Waals surface area contributed by atoms with Crippen molar-refractivity contribution in [3.05, 3.63) is 59.1 Å². The van der Waals surface area contributed by atoms with E-state index in [4.69, 9.17) is 0 Å². The molecule has 5 nitrogen and oxygen atoms in total. The quantitative estimate of drug-likeness (QED) is 0.665. The average molecular weight is 395 g/mol. The van der Waals surface area contributed by atoms with Crippen molar-refractivity contribution in [2.24, 2.45) is 0 Å². The summed E-state index contributed by atoms with van der Waals surface area (Å²) in [4.78, 5) is 23.8. The minimum absolute atomic E-state index is 0.201. The first kappa shape index (κ1) is 18.9. The van der Waals surface area contributed by atoms with Crippen LogP contribution in [0.2, 0.25) is 0 Å². The van der Waals surface area contributed by atoms with Gasteiger partial charge in [-0.25, -0.2) is 4.98 Å². The zero-order valence-corrected chi connectivity index (χ0v) is 17.3. The maximum atomic E-state index is 12.7. The Balaban J connectivity index is 1.29. The molecule has 1 aliphatic rings. The van der Waals surface area contributed by atoms with Gasteiger partial charge in [0.2, 0.25) is 5.91 Å². The Bertz CT molecular complexity index is 929. The highest BCUT2D eigenvalue weighted by atomic mass is 32.1. The number of anilines is 1. The zero-order chi connectivity index (χ0) is 19.5. The monoisotopic (exact) mass is 394 g/mol. The molecule has 0 aliphatic carbocycles. The number of aromatic nitrogens is 1. The molecule has 1 fully saturated rings. The highest BCUT2D eigenvalue weighted by molar-refractivity contribution is 7.18. The molecule has 146 valence electrons. The molecular weight excluding hydrogens is 368 g/mol. The number of rotatable bonds is 5. The van der Waals surface area contributed by atoms with E-state index >= 15 is 0 Å². The maximum absolute atomic E-state index is 12.7. The van der Waals surface area contributed by atoms with Gasteiger partial charge in [0.25, 0.3) is 0 Å². The lowest BCUT2D eigenvalue weighted by Crippen LogP contribution is -2.51. The Morgan fingerprint density at radius 3 is 2.64 bits per heavy atom. The summed E-state index contributed by atoms with van der Waals surface area (Å²) in [6.07, 6.45) is 0. The van der Waals surface area contributed by atoms with Gasteiger partial charge in [-0.1, -0.05) is 24.3 Å². The zero-order valence-electron chi connectivity index (χ0n) is 16.5. The molecule has 0 bridgehead atoms. The standard InChI is InChI=1S/C22H26N4OS/c1-17-6-5-7-18(14-17)25-10-12-26(13-11-25)22(27)16-24(2)15-21-23-19-8-3-4-9-20(19)28-21/h3-9,14H,10-13,15-16H2,1-2H3. The van der Waals surface area contributed by atoms with Crippen molar-refractivity contribution in [3.63, 3.8) is 0 Å². The molecule has 1 saturated heterocycles. The summed E-state index contributed by atoms with van der Waals surface area (Å²) in [6.45, 7) is 6.58. The summed E-state index contributed by atoms with van der Waals surface area (Å²) in [5, 5.41) is 1.06.